The molecule has 2 rings (SSSR count). The quantitative estimate of drug-likeness (QED) is 0.712. The minimum Gasteiger partial charge on any atom is -0.334 e. The highest BCUT2D eigenvalue weighted by Crippen LogP contribution is 2.53. The maximum atomic E-state index is 13.6. The van der Waals surface area contributed by atoms with Crippen LogP contribution in [-0.4, -0.2) is 71.9 Å². The molecular weight excluding hydrogens is 359 g/mol. The molecule has 0 radical (unpaired) electrons. The molecule has 0 aromatic carbocycles. The van der Waals surface area contributed by atoms with Crippen molar-refractivity contribution < 1.29 is 44.3 Å². The van der Waals surface area contributed by atoms with Crippen molar-refractivity contribution in [2.45, 2.75) is 42.8 Å². The molecule has 0 saturated carbocycles. The predicted octanol–water partition coefficient (Wildman–Crippen LogP) is 2.76. The Morgan fingerprint density at radius 2 is 1.42 bits per heavy atom. The Morgan fingerprint density at radius 3 is 1.96 bits per heavy atom. The van der Waals surface area contributed by atoms with Crippen LogP contribution in [0.1, 0.15) is 12.8 Å². The minimum absolute atomic E-state index is 0.0632. The largest absolute Gasteiger partial charge is 0.460 e. The monoisotopic (exact) mass is 372 g/mol. The summed E-state index contributed by atoms with van der Waals surface area (Å²) in [5.41, 5.74) is 0. The van der Waals surface area contributed by atoms with Gasteiger partial charge >= 0.3 is 23.9 Å². The number of hydrogen-bond acceptors (Lipinski definition) is 2. The normalized spacial score (nSPS) is 24.2. The van der Waals surface area contributed by atoms with Crippen molar-refractivity contribution in [3.8, 4) is 0 Å². The Balaban J connectivity index is 2.23. The van der Waals surface area contributed by atoms with Gasteiger partial charge in [0.05, 0.1) is 0 Å². The van der Waals surface area contributed by atoms with Crippen LogP contribution in [0.25, 0.3) is 0 Å². The van der Waals surface area contributed by atoms with Gasteiger partial charge in [0, 0.05) is 25.7 Å². The van der Waals surface area contributed by atoms with Gasteiger partial charge in [0.25, 0.3) is 5.91 Å². The van der Waals surface area contributed by atoms with E-state index in [-0.39, 0.29) is 11.4 Å². The number of halogens is 9. The number of carbonyl (C=O) groups excluding carboxylic acids is 1. The van der Waals surface area contributed by atoms with Crippen LogP contribution in [0.15, 0.2) is 0 Å². The first-order valence-electron chi connectivity index (χ1n) is 6.97. The number of alkyl halides is 9. The molecule has 0 aromatic heterocycles. The lowest BCUT2D eigenvalue weighted by Gasteiger charge is -2.40. The maximum Gasteiger partial charge on any atom is 0.460 e. The second kappa shape index (κ2) is 5.67. The van der Waals surface area contributed by atoms with Crippen molar-refractivity contribution in [2.75, 3.05) is 26.2 Å². The van der Waals surface area contributed by atoms with E-state index >= 15 is 0 Å². The molecule has 12 heteroatoms. The van der Waals surface area contributed by atoms with E-state index < -0.39 is 49.0 Å². The summed E-state index contributed by atoms with van der Waals surface area (Å²) in [4.78, 5) is 13.6. The van der Waals surface area contributed by atoms with E-state index in [4.69, 9.17) is 0 Å². The van der Waals surface area contributed by atoms with Gasteiger partial charge in [0.2, 0.25) is 0 Å². The van der Waals surface area contributed by atoms with E-state index in [0.29, 0.717) is 19.4 Å². The molecule has 2 aliphatic heterocycles. The van der Waals surface area contributed by atoms with Gasteiger partial charge in [-0.2, -0.15) is 39.5 Å². The molecule has 2 saturated heterocycles. The molecule has 0 aromatic rings. The molecule has 2 aliphatic rings. The molecule has 0 aliphatic carbocycles. The zero-order valence-corrected chi connectivity index (χ0v) is 12.0. The van der Waals surface area contributed by atoms with Crippen LogP contribution in [0.3, 0.4) is 0 Å². The van der Waals surface area contributed by atoms with Crippen molar-refractivity contribution in [3.05, 3.63) is 0 Å². The van der Waals surface area contributed by atoms with Crippen LogP contribution < -0.4 is 0 Å². The van der Waals surface area contributed by atoms with Crippen LogP contribution in [0.5, 0.6) is 0 Å². The maximum absolute atomic E-state index is 13.6. The Bertz CT molecular complexity index is 505. The summed E-state index contributed by atoms with van der Waals surface area (Å²) in [5, 5.41) is 0. The smallest absolute Gasteiger partial charge is 0.334 e. The molecule has 0 bridgehead atoms. The average molecular weight is 372 g/mol. The van der Waals surface area contributed by atoms with Crippen LogP contribution >= 0.6 is 0 Å². The zero-order chi connectivity index (χ0) is 18.6. The van der Waals surface area contributed by atoms with Gasteiger partial charge in [-0.25, -0.2) is 0 Å². The topological polar surface area (TPSA) is 23.6 Å². The number of carbonyl (C=O) groups is 1. The first kappa shape index (κ1) is 19.1. The molecule has 1 amide bonds. The van der Waals surface area contributed by atoms with Gasteiger partial charge in [-0.15, -0.1) is 0 Å². The highest BCUT2D eigenvalue weighted by molar-refractivity contribution is 5.85. The average Bonchev–Trinajstić information content (AvgIpc) is 2.91. The van der Waals surface area contributed by atoms with Crippen LogP contribution in [0.4, 0.5) is 39.5 Å². The van der Waals surface area contributed by atoms with E-state index in [1.165, 1.54) is 0 Å². The van der Waals surface area contributed by atoms with E-state index in [1.807, 2.05) is 4.90 Å². The van der Waals surface area contributed by atoms with Gasteiger partial charge in [0.15, 0.2) is 0 Å². The first-order valence-corrected chi connectivity index (χ1v) is 6.97. The molecule has 24 heavy (non-hydrogen) atoms. The van der Waals surface area contributed by atoms with E-state index in [9.17, 15) is 44.3 Å². The molecule has 0 unspecified atom stereocenters. The third-order valence-corrected chi connectivity index (χ3v) is 4.29. The van der Waals surface area contributed by atoms with E-state index in [2.05, 4.69) is 0 Å². The van der Waals surface area contributed by atoms with Crippen LogP contribution in [-0.2, 0) is 4.79 Å². The highest BCUT2D eigenvalue weighted by atomic mass is 19.4. The first-order chi connectivity index (χ1) is 10.7. The number of hydrogen-bond donors (Lipinski definition) is 0. The van der Waals surface area contributed by atoms with Gasteiger partial charge < -0.3 is 4.90 Å². The number of fused-ring (bicyclic) bond motifs is 1. The van der Waals surface area contributed by atoms with Crippen molar-refractivity contribution in [1.29, 1.82) is 0 Å². The summed E-state index contributed by atoms with van der Waals surface area (Å²) in [7, 11) is 0. The van der Waals surface area contributed by atoms with Crippen molar-refractivity contribution in [1.82, 2.24) is 9.80 Å². The number of rotatable bonds is 3. The summed E-state index contributed by atoms with van der Waals surface area (Å²) in [6.45, 7) is -0.181. The predicted molar refractivity (Wildman–Crippen MR) is 62.1 cm³/mol. The molecule has 2 heterocycles. The molecule has 140 valence electrons. The van der Waals surface area contributed by atoms with Gasteiger partial charge in [-0.3, -0.25) is 9.69 Å². The fourth-order valence-corrected chi connectivity index (χ4v) is 2.88. The van der Waals surface area contributed by atoms with Gasteiger partial charge in [0.1, 0.15) is 0 Å². The molecule has 3 nitrogen and oxygen atoms in total. The summed E-state index contributed by atoms with van der Waals surface area (Å²) in [6.07, 6.45) is -5.75. The second-order valence-electron chi connectivity index (χ2n) is 5.80. The number of piperazine rings is 1. The molecule has 0 spiro atoms. The standard InChI is InChI=1S/C12H13F9N2O/c13-9(14,10(15,16)11(17,18)12(19,20)21)8(24)23-5-4-22-3-1-2-7(22)6-23/h7H,1-6H2/t7-/m0/s1. The SMILES string of the molecule is O=C(N1CCN2CCC[C@H]2C1)C(F)(F)C(F)(F)C(F)(F)C(F)(F)F. The van der Waals surface area contributed by atoms with E-state index in [0.717, 1.165) is 0 Å². The molecule has 1 atom stereocenters. The summed E-state index contributed by atoms with van der Waals surface area (Å²) < 4.78 is 116. The second-order valence-corrected chi connectivity index (χ2v) is 5.80. The third kappa shape index (κ3) is 2.72. The lowest BCUT2D eigenvalue weighted by molar-refractivity contribution is -0.389. The number of amides is 1. The summed E-state index contributed by atoms with van der Waals surface area (Å²) >= 11 is 0. The molecular formula is C12H13F9N2O. The Kier molecular flexibility index (Phi) is 4.52. The molecule has 2 fully saturated rings. The van der Waals surface area contributed by atoms with Gasteiger partial charge in [-0.05, 0) is 19.4 Å². The minimum atomic E-state index is -7.05. The van der Waals surface area contributed by atoms with Gasteiger partial charge in [-0.1, -0.05) is 0 Å². The Labute approximate surface area is 130 Å². The summed E-state index contributed by atoms with van der Waals surface area (Å²) in [6, 6.07) is -0.393. The Hall–Kier alpha value is -1.20. The van der Waals surface area contributed by atoms with Crippen molar-refractivity contribution in [2.24, 2.45) is 0 Å². The fourth-order valence-electron chi connectivity index (χ4n) is 2.88. The molecule has 0 N–H and O–H groups in total. The third-order valence-electron chi connectivity index (χ3n) is 4.29. The Morgan fingerprint density at radius 1 is 0.833 bits per heavy atom. The van der Waals surface area contributed by atoms with Crippen molar-refractivity contribution >= 4 is 5.91 Å². The van der Waals surface area contributed by atoms with Crippen molar-refractivity contribution in [3.63, 3.8) is 0 Å². The van der Waals surface area contributed by atoms with Crippen LogP contribution in [0, 0.1) is 0 Å². The summed E-state index contributed by atoms with van der Waals surface area (Å²) in [5.74, 6) is -22.9. The lowest BCUT2D eigenvalue weighted by atomic mass is 10.0. The lowest BCUT2D eigenvalue weighted by Crippen LogP contribution is -2.67. The highest BCUT2D eigenvalue weighted by Gasteiger charge is 2.84. The van der Waals surface area contributed by atoms with E-state index in [1.54, 1.807) is 0 Å². The number of nitrogens with zero attached hydrogens (tertiary/aromatic N) is 2. The fraction of sp³-hybridized carbons (Fsp3) is 0.917. The van der Waals surface area contributed by atoms with Crippen LogP contribution in [0.2, 0.25) is 0 Å². The zero-order valence-electron chi connectivity index (χ0n) is 12.0.